The van der Waals surface area contributed by atoms with Gasteiger partial charge in [-0.1, -0.05) is 24.3 Å². The van der Waals surface area contributed by atoms with Crippen LogP contribution in [0.4, 0.5) is 15.8 Å². The van der Waals surface area contributed by atoms with E-state index in [1.165, 1.54) is 50.7 Å². The summed E-state index contributed by atoms with van der Waals surface area (Å²) >= 11 is 0. The van der Waals surface area contributed by atoms with Gasteiger partial charge in [-0.3, -0.25) is 4.79 Å². The van der Waals surface area contributed by atoms with E-state index in [-0.39, 0.29) is 11.1 Å². The first-order valence-corrected chi connectivity index (χ1v) is 10.0. The van der Waals surface area contributed by atoms with E-state index in [9.17, 15) is 9.18 Å². The summed E-state index contributed by atoms with van der Waals surface area (Å²) in [6.45, 7) is 0. The summed E-state index contributed by atoms with van der Waals surface area (Å²) in [4.78, 5) is 12.6. The minimum Gasteiger partial charge on any atom is -0.378 e. The Morgan fingerprint density at radius 1 is 0.852 bits per heavy atom. The Kier molecular flexibility index (Phi) is 3.96. The Labute approximate surface area is 159 Å². The number of halogens is 1. The second-order valence-corrected chi connectivity index (χ2v) is 8.80. The van der Waals surface area contributed by atoms with Crippen molar-refractivity contribution < 1.29 is 9.18 Å². The molecule has 4 aliphatic carbocycles. The lowest BCUT2D eigenvalue weighted by atomic mass is 9.53. The van der Waals surface area contributed by atoms with E-state index in [0.717, 1.165) is 29.1 Å². The van der Waals surface area contributed by atoms with Crippen LogP contribution in [-0.4, -0.2) is 11.4 Å². The first kappa shape index (κ1) is 16.8. The Morgan fingerprint density at radius 2 is 1.41 bits per heavy atom. The normalized spacial score (nSPS) is 30.9. The van der Waals surface area contributed by atoms with Crippen LogP contribution in [0.3, 0.4) is 0 Å². The van der Waals surface area contributed by atoms with E-state index in [1.54, 1.807) is 12.1 Å². The number of para-hydroxylation sites is 2. The quantitative estimate of drug-likeness (QED) is 0.756. The predicted molar refractivity (Wildman–Crippen MR) is 105 cm³/mol. The molecule has 0 aliphatic heterocycles. The zero-order chi connectivity index (χ0) is 18.4. The van der Waals surface area contributed by atoms with Crippen molar-refractivity contribution >= 4 is 17.3 Å². The van der Waals surface area contributed by atoms with E-state index in [2.05, 4.69) is 10.6 Å². The van der Waals surface area contributed by atoms with Gasteiger partial charge in [-0.2, -0.15) is 0 Å². The van der Waals surface area contributed by atoms with E-state index in [4.69, 9.17) is 0 Å². The molecule has 6 rings (SSSR count). The van der Waals surface area contributed by atoms with Crippen LogP contribution in [0, 0.1) is 23.6 Å². The minimum absolute atomic E-state index is 0.0714. The molecule has 4 saturated carbocycles. The summed E-state index contributed by atoms with van der Waals surface area (Å²) in [5.74, 6) is 1.64. The number of nitrogens with one attached hydrogen (secondary N) is 2. The molecule has 0 saturated heterocycles. The smallest absolute Gasteiger partial charge is 0.258 e. The molecule has 4 fully saturated rings. The summed E-state index contributed by atoms with van der Waals surface area (Å²) in [5.41, 5.74) is 1.90. The van der Waals surface area contributed by atoms with Gasteiger partial charge in [0.15, 0.2) is 0 Å². The zero-order valence-electron chi connectivity index (χ0n) is 15.4. The maximum Gasteiger partial charge on any atom is 0.258 e. The van der Waals surface area contributed by atoms with Gasteiger partial charge in [-0.25, -0.2) is 4.39 Å². The standard InChI is InChI=1S/C23H25FN2O/c24-19-6-2-1-5-18(19)22(27)25-20-7-3-4-8-21(20)26-23-12-15-9-16(13-23)11-17(10-15)14-23/h1-8,15-17,26H,9-14H2,(H,25,27). The lowest BCUT2D eigenvalue weighted by molar-refractivity contribution is 0.0107. The molecule has 4 aliphatic rings. The van der Waals surface area contributed by atoms with Crippen molar-refractivity contribution in [1.82, 2.24) is 0 Å². The molecule has 0 atom stereocenters. The predicted octanol–water partition coefficient (Wildman–Crippen LogP) is 5.46. The monoisotopic (exact) mass is 364 g/mol. The third-order valence-corrected chi connectivity index (χ3v) is 6.73. The Balaban J connectivity index is 1.39. The van der Waals surface area contributed by atoms with Crippen molar-refractivity contribution in [1.29, 1.82) is 0 Å². The van der Waals surface area contributed by atoms with Crippen molar-refractivity contribution in [3.8, 4) is 0 Å². The number of hydrogen-bond acceptors (Lipinski definition) is 2. The number of carbonyl (C=O) groups excluding carboxylic acids is 1. The lowest BCUT2D eigenvalue weighted by Gasteiger charge is -2.57. The molecule has 4 bridgehead atoms. The summed E-state index contributed by atoms with van der Waals surface area (Å²) in [5, 5.41) is 6.73. The molecule has 0 aromatic heterocycles. The molecule has 0 heterocycles. The van der Waals surface area contributed by atoms with Crippen molar-refractivity contribution in [2.45, 2.75) is 44.1 Å². The van der Waals surface area contributed by atoms with Crippen LogP contribution in [-0.2, 0) is 0 Å². The summed E-state index contributed by atoms with van der Waals surface area (Å²) in [6.07, 6.45) is 7.88. The van der Waals surface area contributed by atoms with Crippen LogP contribution in [0.1, 0.15) is 48.9 Å². The fourth-order valence-corrected chi connectivity index (χ4v) is 6.09. The van der Waals surface area contributed by atoms with Gasteiger partial charge in [-0.15, -0.1) is 0 Å². The van der Waals surface area contributed by atoms with Crippen LogP contribution in [0.15, 0.2) is 48.5 Å². The van der Waals surface area contributed by atoms with Crippen molar-refractivity contribution in [2.24, 2.45) is 17.8 Å². The summed E-state index contributed by atoms with van der Waals surface area (Å²) in [7, 11) is 0. The van der Waals surface area contributed by atoms with Gasteiger partial charge in [0.2, 0.25) is 0 Å². The van der Waals surface area contributed by atoms with Gasteiger partial charge in [-0.05, 0) is 80.5 Å². The van der Waals surface area contributed by atoms with E-state index in [0.29, 0.717) is 0 Å². The fourth-order valence-electron chi connectivity index (χ4n) is 6.09. The Bertz CT molecular complexity index is 843. The highest BCUT2D eigenvalue weighted by Crippen LogP contribution is 2.56. The Morgan fingerprint density at radius 3 is 2.04 bits per heavy atom. The largest absolute Gasteiger partial charge is 0.378 e. The lowest BCUT2D eigenvalue weighted by Crippen LogP contribution is -2.54. The van der Waals surface area contributed by atoms with Gasteiger partial charge < -0.3 is 10.6 Å². The maximum absolute atomic E-state index is 14.0. The van der Waals surface area contributed by atoms with E-state index in [1.807, 2.05) is 24.3 Å². The molecule has 4 heteroatoms. The molecule has 0 spiro atoms. The first-order valence-electron chi connectivity index (χ1n) is 10.0. The molecule has 2 aromatic rings. The number of rotatable bonds is 4. The SMILES string of the molecule is O=C(Nc1ccccc1NC12CC3CC(CC(C3)C1)C2)c1ccccc1F. The molecule has 1 amide bonds. The second-order valence-electron chi connectivity index (χ2n) is 8.80. The average molecular weight is 364 g/mol. The van der Waals surface area contributed by atoms with Gasteiger partial charge in [0.05, 0.1) is 16.9 Å². The topological polar surface area (TPSA) is 41.1 Å². The first-order chi connectivity index (χ1) is 13.1. The minimum atomic E-state index is -0.499. The number of amides is 1. The van der Waals surface area contributed by atoms with Crippen molar-refractivity contribution in [3.63, 3.8) is 0 Å². The molecular weight excluding hydrogens is 339 g/mol. The zero-order valence-corrected chi connectivity index (χ0v) is 15.4. The molecule has 0 radical (unpaired) electrons. The molecule has 2 N–H and O–H groups in total. The van der Waals surface area contributed by atoms with E-state index < -0.39 is 11.7 Å². The van der Waals surface area contributed by atoms with Gasteiger partial charge in [0, 0.05) is 5.54 Å². The van der Waals surface area contributed by atoms with Gasteiger partial charge in [0.1, 0.15) is 5.82 Å². The fraction of sp³-hybridized carbons (Fsp3) is 0.435. The maximum atomic E-state index is 14.0. The van der Waals surface area contributed by atoms with Crippen LogP contribution in [0.25, 0.3) is 0 Å². The van der Waals surface area contributed by atoms with Crippen molar-refractivity contribution in [2.75, 3.05) is 10.6 Å². The summed E-state index contributed by atoms with van der Waals surface area (Å²) < 4.78 is 14.0. The third kappa shape index (κ3) is 3.11. The molecule has 27 heavy (non-hydrogen) atoms. The average Bonchev–Trinajstić information content (AvgIpc) is 2.62. The van der Waals surface area contributed by atoms with Crippen molar-refractivity contribution in [3.05, 3.63) is 59.9 Å². The molecule has 0 unspecified atom stereocenters. The third-order valence-electron chi connectivity index (χ3n) is 6.73. The van der Waals surface area contributed by atoms with Crippen LogP contribution >= 0.6 is 0 Å². The van der Waals surface area contributed by atoms with Crippen LogP contribution < -0.4 is 10.6 Å². The van der Waals surface area contributed by atoms with Crippen LogP contribution in [0.2, 0.25) is 0 Å². The highest BCUT2D eigenvalue weighted by Gasteiger charge is 2.51. The summed E-state index contributed by atoms with van der Waals surface area (Å²) in [6, 6.07) is 13.9. The number of benzene rings is 2. The highest BCUT2D eigenvalue weighted by molar-refractivity contribution is 6.06. The number of hydrogen-bond donors (Lipinski definition) is 2. The number of carbonyl (C=O) groups is 1. The van der Waals surface area contributed by atoms with E-state index >= 15 is 0 Å². The van der Waals surface area contributed by atoms with Crippen LogP contribution in [0.5, 0.6) is 0 Å². The van der Waals surface area contributed by atoms with Gasteiger partial charge in [0.25, 0.3) is 5.91 Å². The number of anilines is 2. The molecular formula is C23H25FN2O. The van der Waals surface area contributed by atoms with Gasteiger partial charge >= 0.3 is 0 Å². The second kappa shape index (κ2) is 6.36. The molecule has 140 valence electrons. The highest BCUT2D eigenvalue weighted by atomic mass is 19.1. The molecule has 3 nitrogen and oxygen atoms in total. The molecule has 2 aromatic carbocycles. The Hall–Kier alpha value is -2.36.